The molecule has 1 aliphatic heterocycles. The number of rotatable bonds is 4. The number of Topliss-reactive ketones (excluding diaryl/α,β-unsaturated/α-hetero) is 1. The summed E-state index contributed by atoms with van der Waals surface area (Å²) in [4.78, 5) is 24.7. The smallest absolute Gasteiger partial charge is 0.343 e. The van der Waals surface area contributed by atoms with Crippen LogP contribution in [0.2, 0.25) is 0 Å². The number of ketones is 1. The number of carbonyl (C=O) groups is 2. The Kier molecular flexibility index (Phi) is 5.02. The van der Waals surface area contributed by atoms with Gasteiger partial charge in [-0.3, -0.25) is 4.79 Å². The number of hydrogen-bond acceptors (Lipinski definition) is 7. The minimum absolute atomic E-state index is 0.0234. The minimum atomic E-state index is -0.602. The van der Waals surface area contributed by atoms with E-state index in [1.807, 2.05) is 0 Å². The van der Waals surface area contributed by atoms with Gasteiger partial charge >= 0.3 is 5.97 Å². The molecule has 3 aromatic rings. The number of aromatic hydroxyl groups is 2. The van der Waals surface area contributed by atoms with Crippen molar-refractivity contribution in [2.45, 2.75) is 12.5 Å². The molecule has 1 heterocycles. The maximum atomic E-state index is 12.4. The number of hydrogen-bond donors (Lipinski definition) is 2. The summed E-state index contributed by atoms with van der Waals surface area (Å²) < 4.78 is 16.2. The summed E-state index contributed by atoms with van der Waals surface area (Å²) in [7, 11) is 1.39. The lowest BCUT2D eigenvalue weighted by Crippen LogP contribution is -2.20. The van der Waals surface area contributed by atoms with Crippen LogP contribution in [0.4, 0.5) is 0 Å². The van der Waals surface area contributed by atoms with Gasteiger partial charge in [-0.25, -0.2) is 4.79 Å². The van der Waals surface area contributed by atoms with E-state index in [2.05, 4.69) is 0 Å². The van der Waals surface area contributed by atoms with E-state index in [9.17, 15) is 19.8 Å². The Morgan fingerprint density at radius 3 is 2.53 bits per heavy atom. The largest absolute Gasteiger partial charge is 0.508 e. The predicted octanol–water partition coefficient (Wildman–Crippen LogP) is 4.03. The molecule has 7 nitrogen and oxygen atoms in total. The van der Waals surface area contributed by atoms with Crippen LogP contribution in [0, 0.1) is 0 Å². The summed E-state index contributed by atoms with van der Waals surface area (Å²) in [6.45, 7) is 0. The molecule has 1 unspecified atom stereocenters. The Morgan fingerprint density at radius 1 is 1.03 bits per heavy atom. The number of ether oxygens (including phenoxy) is 3. The fourth-order valence-corrected chi connectivity index (χ4v) is 3.22. The molecule has 1 atom stereocenters. The monoisotopic (exact) mass is 406 g/mol. The third-order valence-electron chi connectivity index (χ3n) is 4.78. The van der Waals surface area contributed by atoms with E-state index in [1.165, 1.54) is 37.4 Å². The Hall–Kier alpha value is -4.00. The average molecular weight is 406 g/mol. The average Bonchev–Trinajstić information content (AvgIpc) is 2.74. The molecule has 0 spiro atoms. The number of phenols is 2. The minimum Gasteiger partial charge on any atom is -0.508 e. The zero-order valence-corrected chi connectivity index (χ0v) is 16.0. The van der Waals surface area contributed by atoms with Gasteiger partial charge in [0, 0.05) is 6.07 Å². The van der Waals surface area contributed by atoms with Crippen LogP contribution < -0.4 is 14.2 Å². The first-order valence-corrected chi connectivity index (χ1v) is 9.16. The summed E-state index contributed by atoms with van der Waals surface area (Å²) in [5, 5.41) is 19.3. The second-order valence-electron chi connectivity index (χ2n) is 6.76. The van der Waals surface area contributed by atoms with Crippen LogP contribution in [0.25, 0.3) is 0 Å². The van der Waals surface area contributed by atoms with Gasteiger partial charge in [0.25, 0.3) is 0 Å². The van der Waals surface area contributed by atoms with Crippen molar-refractivity contribution in [1.29, 1.82) is 0 Å². The fraction of sp³-hybridized carbons (Fsp3) is 0.130. The van der Waals surface area contributed by atoms with Gasteiger partial charge in [0.15, 0.2) is 17.3 Å². The highest BCUT2D eigenvalue weighted by Crippen LogP contribution is 2.37. The SMILES string of the molecule is COc1cc(C(=O)Oc2ccc(C3CC(=O)c4ccc(O)cc4O3)cc2)ccc1O. The van der Waals surface area contributed by atoms with Crippen molar-refractivity contribution < 1.29 is 34.0 Å². The van der Waals surface area contributed by atoms with Gasteiger partial charge in [-0.2, -0.15) is 0 Å². The summed E-state index contributed by atoms with van der Waals surface area (Å²) >= 11 is 0. The quantitative estimate of drug-likeness (QED) is 0.498. The molecule has 7 heteroatoms. The van der Waals surface area contributed by atoms with Gasteiger partial charge in [0.1, 0.15) is 23.4 Å². The van der Waals surface area contributed by atoms with Gasteiger partial charge in [-0.15, -0.1) is 0 Å². The second-order valence-corrected chi connectivity index (χ2v) is 6.76. The van der Waals surface area contributed by atoms with Crippen molar-refractivity contribution >= 4 is 11.8 Å². The van der Waals surface area contributed by atoms with Crippen molar-refractivity contribution in [2.75, 3.05) is 7.11 Å². The molecule has 3 aromatic carbocycles. The van der Waals surface area contributed by atoms with Crippen LogP contribution in [-0.4, -0.2) is 29.1 Å². The van der Waals surface area contributed by atoms with E-state index in [0.29, 0.717) is 17.1 Å². The first kappa shape index (κ1) is 19.3. The van der Waals surface area contributed by atoms with Crippen molar-refractivity contribution in [1.82, 2.24) is 0 Å². The normalized spacial score (nSPS) is 15.1. The van der Waals surface area contributed by atoms with E-state index in [1.54, 1.807) is 30.3 Å². The van der Waals surface area contributed by atoms with Crippen LogP contribution in [-0.2, 0) is 0 Å². The van der Waals surface area contributed by atoms with Gasteiger partial charge in [0.2, 0.25) is 0 Å². The number of carbonyl (C=O) groups excluding carboxylic acids is 2. The van der Waals surface area contributed by atoms with Crippen molar-refractivity contribution in [2.24, 2.45) is 0 Å². The zero-order chi connectivity index (χ0) is 21.3. The molecule has 152 valence electrons. The molecule has 0 bridgehead atoms. The lowest BCUT2D eigenvalue weighted by atomic mass is 9.96. The molecular weight excluding hydrogens is 388 g/mol. The van der Waals surface area contributed by atoms with E-state index in [4.69, 9.17) is 14.2 Å². The van der Waals surface area contributed by atoms with Crippen LogP contribution in [0.5, 0.6) is 28.7 Å². The molecule has 0 aliphatic carbocycles. The second kappa shape index (κ2) is 7.79. The van der Waals surface area contributed by atoms with Crippen molar-refractivity contribution in [3.63, 3.8) is 0 Å². The lowest BCUT2D eigenvalue weighted by molar-refractivity contribution is 0.0734. The number of benzene rings is 3. The highest BCUT2D eigenvalue weighted by Gasteiger charge is 2.28. The maximum absolute atomic E-state index is 12.4. The maximum Gasteiger partial charge on any atom is 0.343 e. The highest BCUT2D eigenvalue weighted by molar-refractivity contribution is 6.00. The van der Waals surface area contributed by atoms with Crippen molar-refractivity contribution in [3.8, 4) is 28.7 Å². The molecule has 30 heavy (non-hydrogen) atoms. The van der Waals surface area contributed by atoms with E-state index in [0.717, 1.165) is 5.56 Å². The van der Waals surface area contributed by atoms with Crippen LogP contribution >= 0.6 is 0 Å². The van der Waals surface area contributed by atoms with E-state index >= 15 is 0 Å². The molecule has 1 aliphatic rings. The fourth-order valence-electron chi connectivity index (χ4n) is 3.22. The van der Waals surface area contributed by atoms with Crippen LogP contribution in [0.15, 0.2) is 60.7 Å². The Balaban J connectivity index is 1.48. The predicted molar refractivity (Wildman–Crippen MR) is 106 cm³/mol. The van der Waals surface area contributed by atoms with Crippen molar-refractivity contribution in [3.05, 3.63) is 77.4 Å². The van der Waals surface area contributed by atoms with Gasteiger partial charge in [-0.05, 0) is 48.0 Å². The third-order valence-corrected chi connectivity index (χ3v) is 4.78. The standard InChI is InChI=1S/C23H18O7/c1-28-22-10-14(4-9-18(22)25)23(27)29-16-6-2-13(3-7-16)20-12-19(26)17-8-5-15(24)11-21(17)30-20/h2-11,20,24-25H,12H2,1H3. The first-order valence-electron chi connectivity index (χ1n) is 9.16. The molecule has 4 rings (SSSR count). The summed E-state index contributed by atoms with van der Waals surface area (Å²) in [5.74, 6) is 0.104. The van der Waals surface area contributed by atoms with Gasteiger partial charge in [-0.1, -0.05) is 12.1 Å². The molecule has 0 amide bonds. The Bertz CT molecular complexity index is 1120. The number of fused-ring (bicyclic) bond motifs is 1. The van der Waals surface area contributed by atoms with Gasteiger partial charge in [0.05, 0.1) is 24.7 Å². The van der Waals surface area contributed by atoms with Crippen LogP contribution in [0.3, 0.4) is 0 Å². The molecule has 0 fully saturated rings. The number of esters is 1. The lowest BCUT2D eigenvalue weighted by Gasteiger charge is -2.25. The first-order chi connectivity index (χ1) is 14.4. The highest BCUT2D eigenvalue weighted by atomic mass is 16.5. The molecule has 2 N–H and O–H groups in total. The number of phenolic OH excluding ortho intramolecular Hbond substituents is 2. The molecule has 0 saturated carbocycles. The van der Waals surface area contributed by atoms with Gasteiger partial charge < -0.3 is 24.4 Å². The Morgan fingerprint density at radius 2 is 1.80 bits per heavy atom. The molecular formula is C23H18O7. The molecule has 0 aromatic heterocycles. The number of methoxy groups -OCH3 is 1. The third kappa shape index (κ3) is 3.77. The molecule has 0 radical (unpaired) electrons. The van der Waals surface area contributed by atoms with E-state index < -0.39 is 12.1 Å². The summed E-state index contributed by atoms with van der Waals surface area (Å²) in [6.07, 6.45) is -0.331. The summed E-state index contributed by atoms with van der Waals surface area (Å²) in [6, 6.07) is 15.2. The zero-order valence-electron chi connectivity index (χ0n) is 16.0. The Labute approximate surface area is 172 Å². The van der Waals surface area contributed by atoms with E-state index in [-0.39, 0.29) is 35.0 Å². The molecule has 0 saturated heterocycles. The summed E-state index contributed by atoms with van der Waals surface area (Å²) in [5.41, 5.74) is 1.41. The topological polar surface area (TPSA) is 102 Å². The van der Waals surface area contributed by atoms with Crippen LogP contribution in [0.1, 0.15) is 38.8 Å².